The number of aromatic nitrogens is 4. The van der Waals surface area contributed by atoms with Crippen LogP contribution >= 0.6 is 0 Å². The number of aliphatic carboxylic acids is 1. The van der Waals surface area contributed by atoms with Gasteiger partial charge in [-0.25, -0.2) is 0 Å². The van der Waals surface area contributed by atoms with Crippen LogP contribution in [0, 0.1) is 13.8 Å². The van der Waals surface area contributed by atoms with Crippen molar-refractivity contribution < 1.29 is 14.7 Å². The molecule has 130 valence electrons. The molecule has 8 heteroatoms. The van der Waals surface area contributed by atoms with Gasteiger partial charge in [0.25, 0.3) is 5.91 Å². The second kappa shape index (κ2) is 7.29. The highest BCUT2D eigenvalue weighted by Crippen LogP contribution is 2.16. The first-order valence-electron chi connectivity index (χ1n) is 7.86. The van der Waals surface area contributed by atoms with Crippen molar-refractivity contribution in [3.8, 4) is 0 Å². The molecule has 0 aliphatic rings. The third-order valence-electron chi connectivity index (χ3n) is 4.01. The van der Waals surface area contributed by atoms with Gasteiger partial charge in [-0.05, 0) is 20.8 Å². The standard InChI is InChI=1S/C16H23N5O3/c1-5-21-12(3)14(11(2)18-21)10-19(4)16(24)13-8-17-20(9-13)7-6-15(22)23/h8-9H,5-7,10H2,1-4H3,(H,22,23). The van der Waals surface area contributed by atoms with Gasteiger partial charge in [-0.15, -0.1) is 0 Å². The van der Waals surface area contributed by atoms with E-state index in [2.05, 4.69) is 10.2 Å². The first-order chi connectivity index (χ1) is 11.3. The fourth-order valence-corrected chi connectivity index (χ4v) is 2.61. The molecule has 2 aromatic heterocycles. The number of nitrogens with zero attached hydrogens (tertiary/aromatic N) is 5. The number of rotatable bonds is 7. The van der Waals surface area contributed by atoms with E-state index in [1.54, 1.807) is 18.1 Å². The molecule has 0 unspecified atom stereocenters. The van der Waals surface area contributed by atoms with E-state index in [1.807, 2.05) is 25.5 Å². The summed E-state index contributed by atoms with van der Waals surface area (Å²) in [6.07, 6.45) is 3.02. The number of carboxylic acids is 1. The molecule has 2 aromatic rings. The SMILES string of the molecule is CCn1nc(C)c(CN(C)C(=O)c2cnn(CCC(=O)O)c2)c1C. The smallest absolute Gasteiger partial charge is 0.305 e. The molecule has 0 saturated carbocycles. The van der Waals surface area contributed by atoms with Gasteiger partial charge in [0.05, 0.1) is 30.4 Å². The summed E-state index contributed by atoms with van der Waals surface area (Å²) in [5.74, 6) is -1.05. The highest BCUT2D eigenvalue weighted by Gasteiger charge is 2.18. The van der Waals surface area contributed by atoms with Gasteiger partial charge in [-0.1, -0.05) is 0 Å². The zero-order valence-corrected chi connectivity index (χ0v) is 14.5. The van der Waals surface area contributed by atoms with Crippen molar-refractivity contribution in [1.29, 1.82) is 0 Å². The third kappa shape index (κ3) is 3.81. The van der Waals surface area contributed by atoms with E-state index in [-0.39, 0.29) is 18.9 Å². The lowest BCUT2D eigenvalue weighted by molar-refractivity contribution is -0.137. The minimum Gasteiger partial charge on any atom is -0.481 e. The van der Waals surface area contributed by atoms with E-state index in [1.165, 1.54) is 10.9 Å². The molecule has 2 heterocycles. The Hall–Kier alpha value is -2.64. The summed E-state index contributed by atoms with van der Waals surface area (Å²) in [5, 5.41) is 17.2. The number of carbonyl (C=O) groups is 2. The van der Waals surface area contributed by atoms with E-state index < -0.39 is 5.97 Å². The van der Waals surface area contributed by atoms with Gasteiger partial charge in [0.15, 0.2) is 0 Å². The fourth-order valence-electron chi connectivity index (χ4n) is 2.61. The Morgan fingerprint density at radius 2 is 2.04 bits per heavy atom. The summed E-state index contributed by atoms with van der Waals surface area (Å²) in [5.41, 5.74) is 3.48. The Kier molecular flexibility index (Phi) is 5.38. The normalized spacial score (nSPS) is 10.8. The van der Waals surface area contributed by atoms with Crippen LogP contribution in [0.4, 0.5) is 0 Å². The number of carboxylic acid groups (broad SMARTS) is 1. The molecule has 1 amide bonds. The van der Waals surface area contributed by atoms with Crippen molar-refractivity contribution in [2.45, 2.75) is 46.8 Å². The van der Waals surface area contributed by atoms with Gasteiger partial charge < -0.3 is 10.0 Å². The van der Waals surface area contributed by atoms with Gasteiger partial charge in [-0.2, -0.15) is 10.2 Å². The predicted octanol–water partition coefficient (Wildman–Crippen LogP) is 1.46. The molecule has 2 rings (SSSR count). The molecule has 0 atom stereocenters. The summed E-state index contributed by atoms with van der Waals surface area (Å²) in [6.45, 7) is 7.48. The summed E-state index contributed by atoms with van der Waals surface area (Å²) >= 11 is 0. The number of carbonyl (C=O) groups excluding carboxylic acids is 1. The van der Waals surface area contributed by atoms with Crippen LogP contribution in [0.25, 0.3) is 0 Å². The van der Waals surface area contributed by atoms with Gasteiger partial charge in [0.1, 0.15) is 0 Å². The molecule has 0 fully saturated rings. The van der Waals surface area contributed by atoms with Crippen LogP contribution in [0.2, 0.25) is 0 Å². The summed E-state index contributed by atoms with van der Waals surface area (Å²) < 4.78 is 3.40. The van der Waals surface area contributed by atoms with Gasteiger partial charge in [0.2, 0.25) is 0 Å². The van der Waals surface area contributed by atoms with Crippen LogP contribution in [0.15, 0.2) is 12.4 Å². The fraction of sp³-hybridized carbons (Fsp3) is 0.500. The maximum Gasteiger partial charge on any atom is 0.305 e. The lowest BCUT2D eigenvalue weighted by Crippen LogP contribution is -2.26. The van der Waals surface area contributed by atoms with Crippen LogP contribution in [0.5, 0.6) is 0 Å². The number of aryl methyl sites for hydroxylation is 3. The zero-order chi connectivity index (χ0) is 17.9. The molecular formula is C16H23N5O3. The molecule has 1 N–H and O–H groups in total. The monoisotopic (exact) mass is 333 g/mol. The molecule has 0 aliphatic heterocycles. The van der Waals surface area contributed by atoms with E-state index in [4.69, 9.17) is 5.11 Å². The lowest BCUT2D eigenvalue weighted by Gasteiger charge is -2.16. The molecule has 24 heavy (non-hydrogen) atoms. The Balaban J connectivity index is 2.07. The molecule has 0 aromatic carbocycles. The van der Waals surface area contributed by atoms with Gasteiger partial charge in [0, 0.05) is 37.6 Å². The second-order valence-corrected chi connectivity index (χ2v) is 5.76. The average Bonchev–Trinajstić information content (AvgIpc) is 3.11. The van der Waals surface area contributed by atoms with Crippen LogP contribution in [-0.4, -0.2) is 48.5 Å². The zero-order valence-electron chi connectivity index (χ0n) is 14.5. The van der Waals surface area contributed by atoms with Crippen LogP contribution in [0.3, 0.4) is 0 Å². The lowest BCUT2D eigenvalue weighted by atomic mass is 10.2. The maximum absolute atomic E-state index is 12.5. The van der Waals surface area contributed by atoms with Crippen molar-refractivity contribution in [3.05, 3.63) is 34.9 Å². The van der Waals surface area contributed by atoms with Gasteiger partial charge in [-0.3, -0.25) is 19.0 Å². The highest BCUT2D eigenvalue weighted by atomic mass is 16.4. The Bertz CT molecular complexity index is 747. The number of hydrogen-bond donors (Lipinski definition) is 1. The predicted molar refractivity (Wildman–Crippen MR) is 87.7 cm³/mol. The maximum atomic E-state index is 12.5. The second-order valence-electron chi connectivity index (χ2n) is 5.76. The molecule has 8 nitrogen and oxygen atoms in total. The van der Waals surface area contributed by atoms with Crippen LogP contribution in [-0.2, 0) is 24.4 Å². The first-order valence-corrected chi connectivity index (χ1v) is 7.86. The third-order valence-corrected chi connectivity index (χ3v) is 4.01. The quantitative estimate of drug-likeness (QED) is 0.828. The van der Waals surface area contributed by atoms with E-state index in [9.17, 15) is 9.59 Å². The van der Waals surface area contributed by atoms with E-state index in [0.717, 1.165) is 23.5 Å². The first kappa shape index (κ1) is 17.7. The van der Waals surface area contributed by atoms with Crippen LogP contribution < -0.4 is 0 Å². The number of hydrogen-bond acceptors (Lipinski definition) is 4. The van der Waals surface area contributed by atoms with Crippen molar-refractivity contribution >= 4 is 11.9 Å². The van der Waals surface area contributed by atoms with Crippen molar-refractivity contribution in [1.82, 2.24) is 24.5 Å². The topological polar surface area (TPSA) is 93.3 Å². The average molecular weight is 333 g/mol. The minimum absolute atomic E-state index is 0.0280. The number of amides is 1. The van der Waals surface area contributed by atoms with Crippen molar-refractivity contribution in [2.75, 3.05) is 7.05 Å². The minimum atomic E-state index is -0.894. The molecule has 0 bridgehead atoms. The van der Waals surface area contributed by atoms with Crippen LogP contribution in [0.1, 0.15) is 40.7 Å². The van der Waals surface area contributed by atoms with Crippen molar-refractivity contribution in [2.24, 2.45) is 0 Å². The Morgan fingerprint density at radius 3 is 2.62 bits per heavy atom. The molecule has 0 spiro atoms. The highest BCUT2D eigenvalue weighted by molar-refractivity contribution is 5.93. The summed E-state index contributed by atoms with van der Waals surface area (Å²) in [6, 6.07) is 0. The Labute approximate surface area is 140 Å². The summed E-state index contributed by atoms with van der Waals surface area (Å²) in [7, 11) is 1.74. The molecule has 0 saturated heterocycles. The largest absolute Gasteiger partial charge is 0.481 e. The molecule has 0 radical (unpaired) electrons. The van der Waals surface area contributed by atoms with Crippen molar-refractivity contribution in [3.63, 3.8) is 0 Å². The molecule has 0 aliphatic carbocycles. The van der Waals surface area contributed by atoms with Gasteiger partial charge >= 0.3 is 5.97 Å². The Morgan fingerprint density at radius 1 is 1.33 bits per heavy atom. The van der Waals surface area contributed by atoms with E-state index in [0.29, 0.717) is 12.1 Å². The molecular weight excluding hydrogens is 310 g/mol. The van der Waals surface area contributed by atoms with E-state index >= 15 is 0 Å². The summed E-state index contributed by atoms with van der Waals surface area (Å²) in [4.78, 5) is 24.7.